The van der Waals surface area contributed by atoms with E-state index in [-0.39, 0.29) is 18.4 Å². The Morgan fingerprint density at radius 2 is 1.77 bits per heavy atom. The fourth-order valence-corrected chi connectivity index (χ4v) is 4.46. The Kier molecular flexibility index (Phi) is 6.59. The SMILES string of the molecule is O=C(NCC(=O)N1CCN(c2cccc(Cl)c2)CC1)c1cc(-c2cccnc2)nc2ccccc12. The number of piperazine rings is 1. The molecule has 0 spiro atoms. The first kappa shape index (κ1) is 22.8. The summed E-state index contributed by atoms with van der Waals surface area (Å²) in [5.74, 6) is -0.408. The number of hydrogen-bond donors (Lipinski definition) is 1. The first-order valence-corrected chi connectivity index (χ1v) is 11.8. The second-order valence-electron chi connectivity index (χ2n) is 8.34. The van der Waals surface area contributed by atoms with E-state index in [0.717, 1.165) is 16.6 Å². The second kappa shape index (κ2) is 10.1. The van der Waals surface area contributed by atoms with Crippen molar-refractivity contribution in [2.75, 3.05) is 37.6 Å². The molecule has 1 fully saturated rings. The van der Waals surface area contributed by atoms with Gasteiger partial charge in [-0.15, -0.1) is 0 Å². The number of carbonyl (C=O) groups excluding carboxylic acids is 2. The Morgan fingerprint density at radius 1 is 0.943 bits per heavy atom. The maximum absolute atomic E-state index is 13.2. The lowest BCUT2D eigenvalue weighted by molar-refractivity contribution is -0.130. The summed E-state index contributed by atoms with van der Waals surface area (Å²) in [4.78, 5) is 38.8. The maximum atomic E-state index is 13.2. The molecule has 2 amide bonds. The van der Waals surface area contributed by atoms with Crippen LogP contribution in [0.4, 0.5) is 5.69 Å². The lowest BCUT2D eigenvalue weighted by Crippen LogP contribution is -2.51. The van der Waals surface area contributed by atoms with Gasteiger partial charge in [0.15, 0.2) is 0 Å². The van der Waals surface area contributed by atoms with Gasteiger partial charge in [0.05, 0.1) is 23.3 Å². The van der Waals surface area contributed by atoms with Crippen LogP contribution in [0.1, 0.15) is 10.4 Å². The first-order valence-electron chi connectivity index (χ1n) is 11.5. The molecule has 4 aromatic rings. The highest BCUT2D eigenvalue weighted by atomic mass is 35.5. The number of rotatable bonds is 5. The number of halogens is 1. The minimum absolute atomic E-state index is 0.0606. The van der Waals surface area contributed by atoms with Crippen LogP contribution >= 0.6 is 11.6 Å². The quantitative estimate of drug-likeness (QED) is 0.462. The van der Waals surface area contributed by atoms with E-state index in [4.69, 9.17) is 11.6 Å². The van der Waals surface area contributed by atoms with Crippen LogP contribution in [-0.2, 0) is 4.79 Å². The molecule has 2 aromatic carbocycles. The summed E-state index contributed by atoms with van der Waals surface area (Å²) in [6, 6.07) is 20.7. The third-order valence-corrected chi connectivity index (χ3v) is 6.36. The van der Waals surface area contributed by atoms with E-state index in [2.05, 4.69) is 20.2 Å². The van der Waals surface area contributed by atoms with Crippen LogP contribution in [0.2, 0.25) is 5.02 Å². The van der Waals surface area contributed by atoms with E-state index >= 15 is 0 Å². The molecule has 2 aromatic heterocycles. The van der Waals surface area contributed by atoms with Gasteiger partial charge in [-0.1, -0.05) is 35.9 Å². The summed E-state index contributed by atoms with van der Waals surface area (Å²) in [6.45, 7) is 2.54. The number of aromatic nitrogens is 2. The van der Waals surface area contributed by atoms with Crippen LogP contribution in [0, 0.1) is 0 Å². The molecule has 3 heterocycles. The van der Waals surface area contributed by atoms with Gasteiger partial charge >= 0.3 is 0 Å². The maximum Gasteiger partial charge on any atom is 0.252 e. The summed E-state index contributed by atoms with van der Waals surface area (Å²) in [7, 11) is 0. The third kappa shape index (κ3) is 5.10. The first-order chi connectivity index (χ1) is 17.1. The molecule has 1 saturated heterocycles. The molecule has 0 unspecified atom stereocenters. The Bertz CT molecular complexity index is 1370. The minimum atomic E-state index is -0.306. The van der Waals surface area contributed by atoms with E-state index in [1.807, 2.05) is 60.7 Å². The predicted octanol–water partition coefficient (Wildman–Crippen LogP) is 4.03. The molecule has 1 aliphatic heterocycles. The Labute approximate surface area is 208 Å². The molecule has 35 heavy (non-hydrogen) atoms. The number of benzene rings is 2. The van der Waals surface area contributed by atoms with Crippen molar-refractivity contribution in [3.8, 4) is 11.3 Å². The van der Waals surface area contributed by atoms with Gasteiger partial charge in [-0.3, -0.25) is 14.6 Å². The van der Waals surface area contributed by atoms with E-state index < -0.39 is 0 Å². The van der Waals surface area contributed by atoms with Crippen LogP contribution in [0.25, 0.3) is 22.2 Å². The second-order valence-corrected chi connectivity index (χ2v) is 8.78. The average molecular weight is 486 g/mol. The smallest absolute Gasteiger partial charge is 0.252 e. The number of hydrogen-bond acceptors (Lipinski definition) is 5. The van der Waals surface area contributed by atoms with Gasteiger partial charge in [0.25, 0.3) is 5.91 Å². The van der Waals surface area contributed by atoms with Gasteiger partial charge in [0.1, 0.15) is 0 Å². The van der Waals surface area contributed by atoms with Gasteiger partial charge in [-0.25, -0.2) is 4.98 Å². The molecule has 0 aliphatic carbocycles. The van der Waals surface area contributed by atoms with E-state index in [0.29, 0.717) is 48.0 Å². The monoisotopic (exact) mass is 485 g/mol. The average Bonchev–Trinajstić information content (AvgIpc) is 2.91. The summed E-state index contributed by atoms with van der Waals surface area (Å²) in [5, 5.41) is 4.24. The largest absolute Gasteiger partial charge is 0.368 e. The lowest BCUT2D eigenvalue weighted by Gasteiger charge is -2.36. The van der Waals surface area contributed by atoms with Crippen LogP contribution in [0.15, 0.2) is 79.1 Å². The Hall–Kier alpha value is -3.97. The van der Waals surface area contributed by atoms with Crippen LogP contribution in [0.5, 0.6) is 0 Å². The topological polar surface area (TPSA) is 78.4 Å². The van der Waals surface area contributed by atoms with Crippen molar-refractivity contribution < 1.29 is 9.59 Å². The summed E-state index contributed by atoms with van der Waals surface area (Å²) in [5.41, 5.74) is 3.72. The molecule has 0 saturated carbocycles. The van der Waals surface area contributed by atoms with Crippen LogP contribution in [-0.4, -0.2) is 59.4 Å². The van der Waals surface area contributed by atoms with Crippen molar-refractivity contribution in [1.82, 2.24) is 20.2 Å². The number of fused-ring (bicyclic) bond motifs is 1. The van der Waals surface area contributed by atoms with Crippen LogP contribution < -0.4 is 10.2 Å². The molecule has 0 radical (unpaired) electrons. The summed E-state index contributed by atoms with van der Waals surface area (Å²) < 4.78 is 0. The summed E-state index contributed by atoms with van der Waals surface area (Å²) in [6.07, 6.45) is 3.41. The number of nitrogens with one attached hydrogen (secondary N) is 1. The lowest BCUT2D eigenvalue weighted by atomic mass is 10.0. The molecule has 0 atom stereocenters. The van der Waals surface area contributed by atoms with Crippen molar-refractivity contribution in [2.45, 2.75) is 0 Å². The number of carbonyl (C=O) groups is 2. The van der Waals surface area contributed by atoms with Crippen molar-refractivity contribution in [3.63, 3.8) is 0 Å². The van der Waals surface area contributed by atoms with Crippen LogP contribution in [0.3, 0.4) is 0 Å². The van der Waals surface area contributed by atoms with Gasteiger partial charge in [0, 0.05) is 60.2 Å². The Morgan fingerprint density at radius 3 is 2.54 bits per heavy atom. The zero-order valence-corrected chi connectivity index (χ0v) is 19.8. The van der Waals surface area contributed by atoms with E-state index in [9.17, 15) is 9.59 Å². The highest BCUT2D eigenvalue weighted by Gasteiger charge is 2.22. The molecule has 0 bridgehead atoms. The molecular weight excluding hydrogens is 462 g/mol. The fourth-order valence-electron chi connectivity index (χ4n) is 4.28. The zero-order valence-electron chi connectivity index (χ0n) is 19.0. The van der Waals surface area contributed by atoms with Crippen molar-refractivity contribution in [2.24, 2.45) is 0 Å². The zero-order chi connectivity index (χ0) is 24.2. The molecular formula is C27H24ClN5O2. The molecule has 8 heteroatoms. The standard InChI is InChI=1S/C27H24ClN5O2/c28-20-6-3-7-21(15-20)32-11-13-33(14-12-32)26(34)18-30-27(35)23-16-25(19-5-4-10-29-17-19)31-24-9-2-1-8-22(23)24/h1-10,15-17H,11-14,18H2,(H,30,35). The van der Waals surface area contributed by atoms with Gasteiger partial charge in [-0.05, 0) is 42.5 Å². The van der Waals surface area contributed by atoms with E-state index in [1.165, 1.54) is 0 Å². The molecule has 5 rings (SSSR count). The number of nitrogens with zero attached hydrogens (tertiary/aromatic N) is 4. The number of para-hydroxylation sites is 1. The predicted molar refractivity (Wildman–Crippen MR) is 138 cm³/mol. The van der Waals surface area contributed by atoms with Crippen molar-refractivity contribution >= 4 is 40.0 Å². The molecule has 7 nitrogen and oxygen atoms in total. The highest BCUT2D eigenvalue weighted by molar-refractivity contribution is 6.30. The highest BCUT2D eigenvalue weighted by Crippen LogP contribution is 2.24. The van der Waals surface area contributed by atoms with Gasteiger partial charge in [0.2, 0.25) is 5.91 Å². The Balaban J connectivity index is 1.26. The summed E-state index contributed by atoms with van der Waals surface area (Å²) >= 11 is 6.11. The third-order valence-electron chi connectivity index (χ3n) is 6.12. The van der Waals surface area contributed by atoms with Crippen molar-refractivity contribution in [1.29, 1.82) is 0 Å². The molecule has 1 aliphatic rings. The normalized spacial score (nSPS) is 13.6. The molecule has 176 valence electrons. The number of pyridine rings is 2. The van der Waals surface area contributed by atoms with Gasteiger partial charge < -0.3 is 15.1 Å². The molecule has 1 N–H and O–H groups in total. The fraction of sp³-hybridized carbons (Fsp3) is 0.185. The van der Waals surface area contributed by atoms with Crippen molar-refractivity contribution in [3.05, 3.63) is 89.7 Å². The van der Waals surface area contributed by atoms with E-state index in [1.54, 1.807) is 23.4 Å². The number of amides is 2. The van der Waals surface area contributed by atoms with Gasteiger partial charge in [-0.2, -0.15) is 0 Å². The minimum Gasteiger partial charge on any atom is -0.368 e. The number of anilines is 1.